The van der Waals surface area contributed by atoms with Gasteiger partial charge in [-0.3, -0.25) is 9.69 Å². The van der Waals surface area contributed by atoms with Crippen LogP contribution in [-0.2, 0) is 19.1 Å². The molecule has 1 unspecified atom stereocenters. The number of allylic oxidation sites excluding steroid dienone is 1. The third kappa shape index (κ3) is 9.30. The molecular formula is C14H28FN3O4. The summed E-state index contributed by atoms with van der Waals surface area (Å²) in [6.07, 6.45) is 1.60. The van der Waals surface area contributed by atoms with E-state index in [9.17, 15) is 9.18 Å². The van der Waals surface area contributed by atoms with Crippen LogP contribution in [0.5, 0.6) is 0 Å². The van der Waals surface area contributed by atoms with Crippen molar-refractivity contribution in [3.8, 4) is 0 Å². The molecule has 0 fully saturated rings. The highest BCUT2D eigenvalue weighted by atomic mass is 19.1. The Kier molecular flexibility index (Phi) is 14.7. The quantitative estimate of drug-likeness (QED) is 0.779. The molecule has 0 bridgehead atoms. The molecule has 22 heavy (non-hydrogen) atoms. The van der Waals surface area contributed by atoms with E-state index >= 15 is 0 Å². The van der Waals surface area contributed by atoms with Gasteiger partial charge in [0.25, 0.3) is 0 Å². The zero-order valence-corrected chi connectivity index (χ0v) is 14.3. The van der Waals surface area contributed by atoms with Crippen molar-refractivity contribution < 1.29 is 23.5 Å². The highest BCUT2D eigenvalue weighted by molar-refractivity contribution is 5.80. The van der Waals surface area contributed by atoms with E-state index in [2.05, 4.69) is 9.89 Å². The Bertz CT molecular complexity index is 356. The Morgan fingerprint density at radius 1 is 1.50 bits per heavy atom. The van der Waals surface area contributed by atoms with Gasteiger partial charge in [0.15, 0.2) is 0 Å². The molecule has 0 aromatic heterocycles. The van der Waals surface area contributed by atoms with Crippen LogP contribution < -0.4 is 5.73 Å². The molecule has 0 amide bonds. The number of ether oxygens (including phenoxy) is 2. The van der Waals surface area contributed by atoms with Gasteiger partial charge in [-0.25, -0.2) is 4.39 Å². The summed E-state index contributed by atoms with van der Waals surface area (Å²) in [5.74, 6) is 0.0427. The Morgan fingerprint density at radius 2 is 2.09 bits per heavy atom. The lowest BCUT2D eigenvalue weighted by molar-refractivity contribution is -0.166. The van der Waals surface area contributed by atoms with Crippen LogP contribution in [0.4, 0.5) is 4.39 Å². The van der Waals surface area contributed by atoms with Crippen LogP contribution in [0.3, 0.4) is 0 Å². The Labute approximate surface area is 131 Å². The summed E-state index contributed by atoms with van der Waals surface area (Å²) in [7, 11) is 2.79. The number of oxime groups is 1. The van der Waals surface area contributed by atoms with Crippen molar-refractivity contribution in [2.45, 2.75) is 40.5 Å². The summed E-state index contributed by atoms with van der Waals surface area (Å²) < 4.78 is 22.3. The van der Waals surface area contributed by atoms with E-state index in [0.717, 1.165) is 0 Å². The topological polar surface area (TPSA) is 86.4 Å². The van der Waals surface area contributed by atoms with Crippen LogP contribution >= 0.6 is 0 Å². The second-order valence-electron chi connectivity index (χ2n) is 3.75. The maximum atomic E-state index is 13.2. The highest BCUT2D eigenvalue weighted by Crippen LogP contribution is 2.15. The third-order valence-electron chi connectivity index (χ3n) is 2.29. The van der Waals surface area contributed by atoms with Gasteiger partial charge in [0, 0.05) is 7.11 Å². The van der Waals surface area contributed by atoms with Crippen molar-refractivity contribution in [1.82, 2.24) is 4.90 Å². The van der Waals surface area contributed by atoms with Gasteiger partial charge in [0.1, 0.15) is 11.7 Å². The van der Waals surface area contributed by atoms with Gasteiger partial charge in [0.05, 0.1) is 20.2 Å². The second kappa shape index (κ2) is 14.3. The number of halogens is 1. The zero-order valence-electron chi connectivity index (χ0n) is 14.3. The van der Waals surface area contributed by atoms with E-state index < -0.39 is 6.41 Å². The number of amidine groups is 1. The van der Waals surface area contributed by atoms with E-state index in [1.165, 1.54) is 20.3 Å². The van der Waals surface area contributed by atoms with Gasteiger partial charge in [-0.15, -0.1) is 0 Å². The van der Waals surface area contributed by atoms with Crippen molar-refractivity contribution in [3.05, 3.63) is 11.9 Å². The average Bonchev–Trinajstić information content (AvgIpc) is 2.89. The predicted octanol–water partition coefficient (Wildman–Crippen LogP) is 1.99. The summed E-state index contributed by atoms with van der Waals surface area (Å²) in [6.45, 7) is 7.74. The Balaban J connectivity index is 0. The molecule has 1 aliphatic heterocycles. The molecule has 0 aromatic rings. The smallest absolute Gasteiger partial charge is 0.319 e. The number of carbonyl (C=O) groups excluding carboxylic acids is 1. The first-order valence-corrected chi connectivity index (χ1v) is 7.11. The summed E-state index contributed by atoms with van der Waals surface area (Å²) in [5, 5.41) is 3.71. The number of rotatable bonds is 5. The standard InChI is InChI=1S/C9H15FN2O2.C3H7NO2.C2H6/c1-4-5-8(10)6-12-7(2)11-14-9(12)13-3;1-6-3(5)2-4;1-2/h5,9H,4,6H2,1-3H3;2,4H2,1H3;1-2H3/b8-5+;;. The predicted molar refractivity (Wildman–Crippen MR) is 83.6 cm³/mol. The lowest BCUT2D eigenvalue weighted by Gasteiger charge is -2.21. The Morgan fingerprint density at radius 3 is 2.45 bits per heavy atom. The molecule has 1 heterocycles. The summed E-state index contributed by atoms with van der Waals surface area (Å²) >= 11 is 0. The van der Waals surface area contributed by atoms with Gasteiger partial charge in [-0.05, 0) is 13.3 Å². The molecule has 2 N–H and O–H groups in total. The molecule has 1 rings (SSSR count). The van der Waals surface area contributed by atoms with Crippen molar-refractivity contribution in [3.63, 3.8) is 0 Å². The molecule has 0 aromatic carbocycles. The largest absolute Gasteiger partial charge is 0.468 e. The molecule has 7 nitrogen and oxygen atoms in total. The average molecular weight is 321 g/mol. The minimum Gasteiger partial charge on any atom is -0.468 e. The first-order valence-electron chi connectivity index (χ1n) is 7.11. The maximum absolute atomic E-state index is 13.2. The van der Waals surface area contributed by atoms with Crippen LogP contribution in [0.25, 0.3) is 0 Å². The minimum atomic E-state index is -0.606. The normalized spacial score (nSPS) is 16.5. The molecule has 1 atom stereocenters. The van der Waals surface area contributed by atoms with Crippen molar-refractivity contribution in [1.29, 1.82) is 0 Å². The SMILES string of the molecule is CC.CC/C=C(/F)CN1C(C)=NOC1OC.COC(=O)CN. The number of methoxy groups -OCH3 is 2. The molecule has 0 saturated heterocycles. The van der Waals surface area contributed by atoms with E-state index in [1.54, 1.807) is 11.8 Å². The number of carbonyl (C=O) groups is 1. The van der Waals surface area contributed by atoms with Crippen LogP contribution in [0, 0.1) is 0 Å². The van der Waals surface area contributed by atoms with Crippen LogP contribution in [0.15, 0.2) is 17.1 Å². The van der Waals surface area contributed by atoms with E-state index in [-0.39, 0.29) is 24.9 Å². The van der Waals surface area contributed by atoms with E-state index in [1.807, 2.05) is 20.8 Å². The van der Waals surface area contributed by atoms with Crippen LogP contribution in [0.2, 0.25) is 0 Å². The molecule has 130 valence electrons. The Hall–Kier alpha value is -1.67. The third-order valence-corrected chi connectivity index (χ3v) is 2.29. The molecular weight excluding hydrogens is 293 g/mol. The summed E-state index contributed by atoms with van der Waals surface area (Å²) in [4.78, 5) is 16.3. The minimum absolute atomic E-state index is 0.0312. The monoisotopic (exact) mass is 321 g/mol. The van der Waals surface area contributed by atoms with Crippen molar-refractivity contribution in [2.24, 2.45) is 10.9 Å². The van der Waals surface area contributed by atoms with Gasteiger partial charge in [-0.1, -0.05) is 32.0 Å². The van der Waals surface area contributed by atoms with Crippen LogP contribution in [-0.4, -0.2) is 50.4 Å². The first kappa shape index (κ1) is 22.6. The molecule has 0 radical (unpaired) electrons. The van der Waals surface area contributed by atoms with Gasteiger partial charge >= 0.3 is 12.4 Å². The molecule has 8 heteroatoms. The van der Waals surface area contributed by atoms with Crippen LogP contribution in [0.1, 0.15) is 34.1 Å². The van der Waals surface area contributed by atoms with Gasteiger partial charge < -0.3 is 20.0 Å². The summed E-state index contributed by atoms with van der Waals surface area (Å²) in [6, 6.07) is 0. The number of hydrogen-bond donors (Lipinski definition) is 1. The zero-order chi connectivity index (χ0) is 17.5. The summed E-state index contributed by atoms with van der Waals surface area (Å²) in [5.41, 5.74) is 4.81. The van der Waals surface area contributed by atoms with Crippen molar-refractivity contribution >= 4 is 11.8 Å². The number of nitrogens with zero attached hydrogens (tertiary/aromatic N) is 2. The van der Waals surface area contributed by atoms with Gasteiger partial charge in [-0.2, -0.15) is 0 Å². The molecule has 0 spiro atoms. The molecule has 0 aliphatic carbocycles. The lowest BCUT2D eigenvalue weighted by atomic mass is 10.3. The van der Waals surface area contributed by atoms with Crippen molar-refractivity contribution in [2.75, 3.05) is 27.3 Å². The van der Waals surface area contributed by atoms with Gasteiger partial charge in [0.2, 0.25) is 0 Å². The fourth-order valence-electron chi connectivity index (χ4n) is 1.27. The lowest BCUT2D eigenvalue weighted by Crippen LogP contribution is -2.37. The molecule has 0 saturated carbocycles. The van der Waals surface area contributed by atoms with E-state index in [4.69, 9.17) is 15.3 Å². The second-order valence-corrected chi connectivity index (χ2v) is 3.75. The fraction of sp³-hybridized carbons (Fsp3) is 0.714. The molecule has 1 aliphatic rings. The number of hydrogen-bond acceptors (Lipinski definition) is 7. The number of esters is 1. The maximum Gasteiger partial charge on any atom is 0.319 e. The first-order chi connectivity index (χ1) is 10.5. The fourth-order valence-corrected chi connectivity index (χ4v) is 1.27. The number of nitrogens with two attached hydrogens (primary N) is 1. The highest BCUT2D eigenvalue weighted by Gasteiger charge is 2.27. The van der Waals surface area contributed by atoms with E-state index in [0.29, 0.717) is 12.3 Å².